The minimum atomic E-state index is -0.767. The molecular weight excluding hydrogens is 371 g/mol. The molecule has 2 aromatic carbocycles. The van der Waals surface area contributed by atoms with Crippen LogP contribution in [0.4, 0.5) is 0 Å². The summed E-state index contributed by atoms with van der Waals surface area (Å²) in [5, 5.41) is 13.4. The lowest BCUT2D eigenvalue weighted by Gasteiger charge is -2.13. The van der Waals surface area contributed by atoms with Crippen LogP contribution in [0.5, 0.6) is 5.75 Å². The first kappa shape index (κ1) is 20.1. The molecule has 0 aliphatic carbocycles. The molecule has 2 aromatic rings. The number of hydrogen-bond acceptors (Lipinski definition) is 3. The molecule has 1 amide bonds. The maximum Gasteiger partial charge on any atom is 0.237 e. The Bertz CT molecular complexity index is 791. The minimum absolute atomic E-state index is 0.271. The first-order valence-electron chi connectivity index (χ1n) is 8.22. The Morgan fingerprint density at radius 2 is 1.81 bits per heavy atom. The second-order valence-electron chi connectivity index (χ2n) is 6.03. The van der Waals surface area contributed by atoms with Gasteiger partial charge in [0.25, 0.3) is 0 Å². The van der Waals surface area contributed by atoms with Gasteiger partial charge in [-0.2, -0.15) is 5.26 Å². The number of hydrogen-bond donors (Lipinski definition) is 1. The SMILES string of the molecule is Cc1cc(OCCC(C#N)C(=O)NCc2ccc(Cl)cc2)cc(C)c1Cl. The summed E-state index contributed by atoms with van der Waals surface area (Å²) >= 11 is 12.0. The molecule has 26 heavy (non-hydrogen) atoms. The highest BCUT2D eigenvalue weighted by Gasteiger charge is 2.17. The van der Waals surface area contributed by atoms with Crippen molar-refractivity contribution >= 4 is 29.1 Å². The molecule has 0 aromatic heterocycles. The number of halogens is 2. The summed E-state index contributed by atoms with van der Waals surface area (Å²) in [6, 6.07) is 12.9. The van der Waals surface area contributed by atoms with Crippen LogP contribution in [-0.2, 0) is 11.3 Å². The van der Waals surface area contributed by atoms with Crippen molar-refractivity contribution in [2.45, 2.75) is 26.8 Å². The third kappa shape index (κ3) is 5.66. The number of amides is 1. The molecule has 1 N–H and O–H groups in total. The highest BCUT2D eigenvalue weighted by Crippen LogP contribution is 2.26. The van der Waals surface area contributed by atoms with Gasteiger partial charge < -0.3 is 10.1 Å². The van der Waals surface area contributed by atoms with Gasteiger partial charge in [-0.25, -0.2) is 0 Å². The molecule has 0 saturated heterocycles. The van der Waals surface area contributed by atoms with Gasteiger partial charge in [-0.3, -0.25) is 4.79 Å². The molecule has 4 nitrogen and oxygen atoms in total. The molecule has 0 spiro atoms. The number of benzene rings is 2. The fourth-order valence-electron chi connectivity index (χ4n) is 2.45. The van der Waals surface area contributed by atoms with Crippen molar-refractivity contribution in [3.8, 4) is 11.8 Å². The molecule has 6 heteroatoms. The number of nitrogens with zero attached hydrogens (tertiary/aromatic N) is 1. The molecule has 1 atom stereocenters. The maximum absolute atomic E-state index is 12.2. The molecule has 0 radical (unpaired) electrons. The number of aryl methyl sites for hydroxylation is 2. The number of nitrogens with one attached hydrogen (secondary N) is 1. The van der Waals surface area contributed by atoms with Crippen LogP contribution in [0.3, 0.4) is 0 Å². The fourth-order valence-corrected chi connectivity index (χ4v) is 2.69. The van der Waals surface area contributed by atoms with Gasteiger partial charge in [0.15, 0.2) is 0 Å². The zero-order chi connectivity index (χ0) is 19.1. The number of carbonyl (C=O) groups excluding carboxylic acids is 1. The molecule has 0 heterocycles. The average Bonchev–Trinajstić information content (AvgIpc) is 2.62. The largest absolute Gasteiger partial charge is 0.494 e. The molecule has 0 fully saturated rings. The summed E-state index contributed by atoms with van der Waals surface area (Å²) in [5.74, 6) is -0.394. The van der Waals surface area contributed by atoms with Crippen LogP contribution < -0.4 is 10.1 Å². The van der Waals surface area contributed by atoms with E-state index in [1.54, 1.807) is 12.1 Å². The van der Waals surface area contributed by atoms with E-state index in [0.29, 0.717) is 28.8 Å². The fraction of sp³-hybridized carbons (Fsp3) is 0.300. The predicted molar refractivity (Wildman–Crippen MR) is 103 cm³/mol. The van der Waals surface area contributed by atoms with Crippen LogP contribution in [0.2, 0.25) is 10.0 Å². The highest BCUT2D eigenvalue weighted by atomic mass is 35.5. The Balaban J connectivity index is 1.84. The molecule has 2 rings (SSSR count). The van der Waals surface area contributed by atoms with E-state index in [4.69, 9.17) is 27.9 Å². The summed E-state index contributed by atoms with van der Waals surface area (Å²) < 4.78 is 5.68. The van der Waals surface area contributed by atoms with E-state index >= 15 is 0 Å². The third-order valence-corrected chi connectivity index (χ3v) is 4.79. The minimum Gasteiger partial charge on any atom is -0.494 e. The molecule has 1 unspecified atom stereocenters. The van der Waals surface area contributed by atoms with Crippen molar-refractivity contribution in [3.05, 3.63) is 63.1 Å². The Morgan fingerprint density at radius 3 is 2.38 bits per heavy atom. The topological polar surface area (TPSA) is 62.1 Å². The van der Waals surface area contributed by atoms with Crippen molar-refractivity contribution in [2.24, 2.45) is 5.92 Å². The van der Waals surface area contributed by atoms with Crippen molar-refractivity contribution in [1.82, 2.24) is 5.32 Å². The van der Waals surface area contributed by atoms with Crippen LogP contribution >= 0.6 is 23.2 Å². The van der Waals surface area contributed by atoms with Gasteiger partial charge in [0.1, 0.15) is 11.7 Å². The van der Waals surface area contributed by atoms with Crippen molar-refractivity contribution in [2.75, 3.05) is 6.61 Å². The number of nitriles is 1. The van der Waals surface area contributed by atoms with Gasteiger partial charge >= 0.3 is 0 Å². The van der Waals surface area contributed by atoms with Crippen LogP contribution in [0, 0.1) is 31.1 Å². The Labute approximate surface area is 163 Å². The monoisotopic (exact) mass is 390 g/mol. The van der Waals surface area contributed by atoms with Crippen molar-refractivity contribution in [1.29, 1.82) is 5.26 Å². The number of ether oxygens (including phenoxy) is 1. The summed E-state index contributed by atoms with van der Waals surface area (Å²) in [4.78, 5) is 12.2. The van der Waals surface area contributed by atoms with E-state index in [-0.39, 0.29) is 12.5 Å². The third-order valence-electron chi connectivity index (χ3n) is 3.94. The summed E-state index contributed by atoms with van der Waals surface area (Å²) in [5.41, 5.74) is 2.78. The summed E-state index contributed by atoms with van der Waals surface area (Å²) in [6.07, 6.45) is 0.309. The highest BCUT2D eigenvalue weighted by molar-refractivity contribution is 6.32. The lowest BCUT2D eigenvalue weighted by molar-refractivity contribution is -0.123. The summed E-state index contributed by atoms with van der Waals surface area (Å²) in [7, 11) is 0. The van der Waals surface area contributed by atoms with E-state index in [2.05, 4.69) is 5.32 Å². The first-order chi connectivity index (χ1) is 12.4. The Morgan fingerprint density at radius 1 is 1.19 bits per heavy atom. The van der Waals surface area contributed by atoms with Gasteiger partial charge in [-0.1, -0.05) is 35.3 Å². The molecule has 0 bridgehead atoms. The number of carbonyl (C=O) groups is 1. The van der Waals surface area contributed by atoms with Crippen LogP contribution in [0.25, 0.3) is 0 Å². The smallest absolute Gasteiger partial charge is 0.237 e. The zero-order valence-electron chi connectivity index (χ0n) is 14.7. The van der Waals surface area contributed by atoms with Crippen molar-refractivity contribution < 1.29 is 9.53 Å². The average molecular weight is 391 g/mol. The Kier molecular flexibility index (Phi) is 7.32. The lowest BCUT2D eigenvalue weighted by Crippen LogP contribution is -2.30. The second-order valence-corrected chi connectivity index (χ2v) is 6.85. The Hall–Kier alpha value is -2.22. The lowest BCUT2D eigenvalue weighted by atomic mass is 10.1. The van der Waals surface area contributed by atoms with Crippen LogP contribution in [0.15, 0.2) is 36.4 Å². The van der Waals surface area contributed by atoms with Crippen molar-refractivity contribution in [3.63, 3.8) is 0 Å². The first-order valence-corrected chi connectivity index (χ1v) is 8.97. The van der Waals surface area contributed by atoms with Crippen LogP contribution in [-0.4, -0.2) is 12.5 Å². The van der Waals surface area contributed by atoms with E-state index < -0.39 is 5.92 Å². The van der Waals surface area contributed by atoms with E-state index in [9.17, 15) is 10.1 Å². The standard InChI is InChI=1S/C20H20Cl2N2O2/c1-13-9-18(10-14(2)19(13)22)26-8-7-16(11-23)20(25)24-12-15-3-5-17(21)6-4-15/h3-6,9-10,16H,7-8,12H2,1-2H3,(H,24,25). The van der Waals surface area contributed by atoms with E-state index in [0.717, 1.165) is 16.7 Å². The number of rotatable bonds is 7. The van der Waals surface area contributed by atoms with Gasteiger partial charge in [0.05, 0.1) is 12.7 Å². The van der Waals surface area contributed by atoms with E-state index in [1.807, 2.05) is 44.2 Å². The normalized spacial score (nSPS) is 11.5. The molecule has 136 valence electrons. The van der Waals surface area contributed by atoms with Gasteiger partial charge in [-0.05, 0) is 54.8 Å². The van der Waals surface area contributed by atoms with Gasteiger partial charge in [0, 0.05) is 23.0 Å². The molecule has 0 aliphatic rings. The van der Waals surface area contributed by atoms with Gasteiger partial charge in [-0.15, -0.1) is 0 Å². The predicted octanol–water partition coefficient (Wildman–Crippen LogP) is 4.84. The maximum atomic E-state index is 12.2. The molecule has 0 saturated carbocycles. The molecule has 0 aliphatic heterocycles. The second kappa shape index (κ2) is 9.47. The molecular formula is C20H20Cl2N2O2. The quantitative estimate of drug-likeness (QED) is 0.735. The van der Waals surface area contributed by atoms with E-state index in [1.165, 1.54) is 0 Å². The van der Waals surface area contributed by atoms with Crippen LogP contribution in [0.1, 0.15) is 23.1 Å². The zero-order valence-corrected chi connectivity index (χ0v) is 16.2. The summed E-state index contributed by atoms with van der Waals surface area (Å²) in [6.45, 7) is 4.44. The van der Waals surface area contributed by atoms with Gasteiger partial charge in [0.2, 0.25) is 5.91 Å².